The first-order chi connectivity index (χ1) is 16.7. The van der Waals surface area contributed by atoms with Gasteiger partial charge in [-0.25, -0.2) is 0 Å². The lowest BCUT2D eigenvalue weighted by molar-refractivity contribution is -0.146. The standard InChI is InChI=1S/C24H22F3N3O5/c1-33-17-5-3-4-14(21(17)34-2)20-15-10-13(12-6-7-12)8-9-16(15)30-22(18(35-20)11-19(31)32)28-29-23(30)24(25,26)27/h3-5,8-10,12,18,20H,6-7,11H2,1-2H3,(H,31,32). The van der Waals surface area contributed by atoms with Gasteiger partial charge in [0.2, 0.25) is 5.82 Å². The minimum absolute atomic E-state index is 0.171. The Morgan fingerprint density at radius 3 is 2.54 bits per heavy atom. The molecule has 2 aromatic carbocycles. The normalized spacial score (nSPS) is 19.5. The highest BCUT2D eigenvalue weighted by atomic mass is 19.4. The summed E-state index contributed by atoms with van der Waals surface area (Å²) in [6, 6.07) is 10.3. The number of carboxylic acids is 1. The van der Waals surface area contributed by atoms with Gasteiger partial charge in [-0.3, -0.25) is 9.36 Å². The largest absolute Gasteiger partial charge is 0.493 e. The van der Waals surface area contributed by atoms with Gasteiger partial charge in [-0.2, -0.15) is 13.2 Å². The molecule has 1 fully saturated rings. The smallest absolute Gasteiger partial charge is 0.452 e. The molecule has 1 aliphatic carbocycles. The summed E-state index contributed by atoms with van der Waals surface area (Å²) in [5.41, 5.74) is 2.06. The Balaban J connectivity index is 1.80. The number of methoxy groups -OCH3 is 2. The number of para-hydroxylation sites is 1. The molecule has 0 bridgehead atoms. The number of carbonyl (C=O) groups is 1. The van der Waals surface area contributed by atoms with Crippen LogP contribution >= 0.6 is 0 Å². The topological polar surface area (TPSA) is 95.7 Å². The fourth-order valence-electron chi connectivity index (χ4n) is 4.54. The van der Waals surface area contributed by atoms with Crippen molar-refractivity contribution in [3.8, 4) is 17.2 Å². The van der Waals surface area contributed by atoms with E-state index in [9.17, 15) is 23.1 Å². The predicted octanol–water partition coefficient (Wildman–Crippen LogP) is 4.82. The van der Waals surface area contributed by atoms with Crippen molar-refractivity contribution >= 4 is 5.97 Å². The van der Waals surface area contributed by atoms with Crippen molar-refractivity contribution in [2.45, 2.75) is 43.6 Å². The summed E-state index contributed by atoms with van der Waals surface area (Å²) in [4.78, 5) is 11.7. The molecule has 8 nitrogen and oxygen atoms in total. The van der Waals surface area contributed by atoms with Crippen LogP contribution in [0.15, 0.2) is 36.4 Å². The van der Waals surface area contributed by atoms with Crippen LogP contribution in [0.5, 0.6) is 11.5 Å². The number of nitrogens with zero attached hydrogens (tertiary/aromatic N) is 3. The summed E-state index contributed by atoms with van der Waals surface area (Å²) in [5.74, 6) is -1.67. The summed E-state index contributed by atoms with van der Waals surface area (Å²) in [7, 11) is 2.92. The fourth-order valence-corrected chi connectivity index (χ4v) is 4.54. The van der Waals surface area contributed by atoms with Gasteiger partial charge in [-0.05, 0) is 36.5 Å². The van der Waals surface area contributed by atoms with Crippen molar-refractivity contribution in [1.82, 2.24) is 14.8 Å². The van der Waals surface area contributed by atoms with Crippen LogP contribution in [0.3, 0.4) is 0 Å². The lowest BCUT2D eigenvalue weighted by Gasteiger charge is -2.24. The number of ether oxygens (including phenoxy) is 3. The molecule has 2 heterocycles. The van der Waals surface area contributed by atoms with Crippen LogP contribution in [-0.2, 0) is 15.7 Å². The minimum Gasteiger partial charge on any atom is -0.493 e. The Labute approximate surface area is 198 Å². The van der Waals surface area contributed by atoms with Crippen LogP contribution in [0.2, 0.25) is 0 Å². The van der Waals surface area contributed by atoms with Crippen LogP contribution in [0.25, 0.3) is 5.69 Å². The second-order valence-electron chi connectivity index (χ2n) is 8.49. The number of benzene rings is 2. The lowest BCUT2D eigenvalue weighted by Crippen LogP contribution is -2.17. The molecule has 2 aliphatic rings. The van der Waals surface area contributed by atoms with Crippen molar-refractivity contribution in [3.63, 3.8) is 0 Å². The minimum atomic E-state index is -4.82. The Hall–Kier alpha value is -3.60. The van der Waals surface area contributed by atoms with Gasteiger partial charge in [-0.15, -0.1) is 10.2 Å². The third-order valence-electron chi connectivity index (χ3n) is 6.23. The van der Waals surface area contributed by atoms with E-state index in [4.69, 9.17) is 14.2 Å². The molecule has 1 saturated carbocycles. The zero-order chi connectivity index (χ0) is 24.9. The van der Waals surface area contributed by atoms with Gasteiger partial charge < -0.3 is 19.3 Å². The highest BCUT2D eigenvalue weighted by Crippen LogP contribution is 2.49. The Morgan fingerprint density at radius 2 is 1.91 bits per heavy atom. The van der Waals surface area contributed by atoms with Crippen molar-refractivity contribution in [3.05, 3.63) is 64.7 Å². The van der Waals surface area contributed by atoms with Crippen molar-refractivity contribution in [2.24, 2.45) is 0 Å². The molecular formula is C24H22F3N3O5. The Bertz CT molecular complexity index is 1290. The molecule has 2 unspecified atom stereocenters. The molecule has 0 amide bonds. The lowest BCUT2D eigenvalue weighted by atomic mass is 9.95. The van der Waals surface area contributed by atoms with E-state index in [2.05, 4.69) is 10.2 Å². The average Bonchev–Trinajstić information content (AvgIpc) is 3.59. The number of aromatic nitrogens is 3. The molecule has 1 aromatic heterocycles. The molecular weight excluding hydrogens is 467 g/mol. The van der Waals surface area contributed by atoms with Crippen LogP contribution in [0.1, 0.15) is 65.7 Å². The van der Waals surface area contributed by atoms with Gasteiger partial charge in [0.1, 0.15) is 12.2 Å². The maximum absolute atomic E-state index is 14.0. The van der Waals surface area contributed by atoms with Crippen LogP contribution in [0, 0.1) is 0 Å². The molecule has 1 N–H and O–H groups in total. The maximum Gasteiger partial charge on any atom is 0.452 e. The molecule has 0 radical (unpaired) electrons. The van der Waals surface area contributed by atoms with E-state index in [0.29, 0.717) is 28.5 Å². The number of carboxylic acid groups (broad SMARTS) is 1. The van der Waals surface area contributed by atoms with E-state index in [1.165, 1.54) is 14.2 Å². The van der Waals surface area contributed by atoms with Gasteiger partial charge in [-0.1, -0.05) is 24.3 Å². The predicted molar refractivity (Wildman–Crippen MR) is 116 cm³/mol. The quantitative estimate of drug-likeness (QED) is 0.531. The molecule has 0 saturated heterocycles. The molecule has 5 rings (SSSR count). The van der Waals surface area contributed by atoms with Crippen LogP contribution in [-0.4, -0.2) is 40.1 Å². The first kappa shape index (κ1) is 23.2. The fraction of sp³-hybridized carbons (Fsp3) is 0.375. The summed E-state index contributed by atoms with van der Waals surface area (Å²) in [6.45, 7) is 0. The molecule has 2 atom stereocenters. The zero-order valence-corrected chi connectivity index (χ0v) is 18.9. The number of alkyl halides is 3. The first-order valence-electron chi connectivity index (χ1n) is 11.0. The number of halogens is 3. The number of hydrogen-bond acceptors (Lipinski definition) is 6. The average molecular weight is 489 g/mol. The van der Waals surface area contributed by atoms with Crippen LogP contribution < -0.4 is 9.47 Å². The second-order valence-corrected chi connectivity index (χ2v) is 8.49. The SMILES string of the molecule is COc1cccc(C2OC(CC(=O)O)c3nnc(C(F)(F)F)n3-c3ccc(C4CC4)cc32)c1OC. The molecule has 1 aliphatic heterocycles. The van der Waals surface area contributed by atoms with Gasteiger partial charge in [0.05, 0.1) is 26.3 Å². The van der Waals surface area contributed by atoms with Crippen molar-refractivity contribution in [2.75, 3.05) is 14.2 Å². The Kier molecular flexibility index (Phi) is 5.66. The third kappa shape index (κ3) is 4.09. The third-order valence-corrected chi connectivity index (χ3v) is 6.23. The number of hydrogen-bond donors (Lipinski definition) is 1. The van der Waals surface area contributed by atoms with Crippen LogP contribution in [0.4, 0.5) is 13.2 Å². The number of fused-ring (bicyclic) bond motifs is 3. The van der Waals surface area contributed by atoms with E-state index in [-0.39, 0.29) is 11.5 Å². The highest BCUT2D eigenvalue weighted by Gasteiger charge is 2.44. The Morgan fingerprint density at radius 1 is 1.14 bits per heavy atom. The van der Waals surface area contributed by atoms with Crippen molar-refractivity contribution < 1.29 is 37.3 Å². The van der Waals surface area contributed by atoms with Gasteiger partial charge in [0.15, 0.2) is 17.3 Å². The van der Waals surface area contributed by atoms with E-state index in [0.717, 1.165) is 23.0 Å². The molecule has 35 heavy (non-hydrogen) atoms. The highest BCUT2D eigenvalue weighted by molar-refractivity contribution is 5.68. The van der Waals surface area contributed by atoms with Crippen molar-refractivity contribution in [1.29, 1.82) is 0 Å². The van der Waals surface area contributed by atoms with E-state index >= 15 is 0 Å². The molecule has 0 spiro atoms. The number of aliphatic carboxylic acids is 1. The summed E-state index contributed by atoms with van der Waals surface area (Å²) in [6.07, 6.45) is -5.73. The van der Waals surface area contributed by atoms with Gasteiger partial charge in [0, 0.05) is 11.1 Å². The molecule has 184 valence electrons. The summed E-state index contributed by atoms with van der Waals surface area (Å²) < 4.78 is 60.0. The van der Waals surface area contributed by atoms with E-state index < -0.39 is 36.6 Å². The first-order valence-corrected chi connectivity index (χ1v) is 11.0. The van der Waals surface area contributed by atoms with Gasteiger partial charge >= 0.3 is 12.1 Å². The van der Waals surface area contributed by atoms with Gasteiger partial charge in [0.25, 0.3) is 0 Å². The van der Waals surface area contributed by atoms with E-state index in [1.54, 1.807) is 30.3 Å². The second kappa shape index (κ2) is 8.56. The summed E-state index contributed by atoms with van der Waals surface area (Å²) in [5, 5.41) is 16.6. The van der Waals surface area contributed by atoms with E-state index in [1.807, 2.05) is 6.07 Å². The monoisotopic (exact) mass is 489 g/mol. The number of rotatable bonds is 6. The summed E-state index contributed by atoms with van der Waals surface area (Å²) >= 11 is 0. The zero-order valence-electron chi connectivity index (χ0n) is 18.9. The molecule has 3 aromatic rings. The molecule has 11 heteroatoms. The maximum atomic E-state index is 14.0.